The monoisotopic (exact) mass is 275 g/mol. The molecule has 0 saturated heterocycles. The summed E-state index contributed by atoms with van der Waals surface area (Å²) < 4.78 is 23.9. The van der Waals surface area contributed by atoms with Crippen LogP contribution in [0.3, 0.4) is 0 Å². The van der Waals surface area contributed by atoms with Crippen LogP contribution >= 0.6 is 0 Å². The molecule has 1 aromatic rings. The van der Waals surface area contributed by atoms with E-state index in [0.717, 1.165) is 38.2 Å². The van der Waals surface area contributed by atoms with Gasteiger partial charge in [0, 0.05) is 0 Å². The lowest BCUT2D eigenvalue weighted by Crippen LogP contribution is -2.13. The molecule has 106 valence electrons. The molecule has 0 heterocycles. The van der Waals surface area contributed by atoms with Gasteiger partial charge in [-0.2, -0.15) is 14.0 Å². The van der Waals surface area contributed by atoms with Crippen molar-refractivity contribution in [2.24, 2.45) is 5.92 Å². The first kappa shape index (κ1) is 14.7. The predicted molar refractivity (Wildman–Crippen MR) is 75.4 cm³/mol. The first-order valence-corrected chi connectivity index (χ1v) is 7.20. The van der Waals surface area contributed by atoms with Gasteiger partial charge < -0.3 is 0 Å². The molecule has 0 aliphatic heterocycles. The average molecular weight is 275 g/mol. The van der Waals surface area contributed by atoms with Gasteiger partial charge in [-0.3, -0.25) is 0 Å². The van der Waals surface area contributed by atoms with Gasteiger partial charge in [0.05, 0.1) is 11.6 Å². The number of halogens is 2. The van der Waals surface area contributed by atoms with Crippen molar-refractivity contribution < 1.29 is 8.78 Å². The summed E-state index contributed by atoms with van der Waals surface area (Å²) >= 11 is 0. The Labute approximate surface area is 118 Å². The molecule has 0 N–H and O–H groups in total. The molecule has 1 nitrogen and oxygen atoms in total. The molecule has 0 atom stereocenters. The van der Waals surface area contributed by atoms with Crippen LogP contribution in [-0.2, 0) is 0 Å². The van der Waals surface area contributed by atoms with E-state index in [4.69, 9.17) is 5.26 Å². The maximum absolute atomic E-state index is 12.0. The zero-order chi connectivity index (χ0) is 14.4. The quantitative estimate of drug-likeness (QED) is 0.722. The molecule has 0 aromatic heterocycles. The smallest absolute Gasteiger partial charge is 0.192 e. The average Bonchev–Trinajstić information content (AvgIpc) is 2.48. The van der Waals surface area contributed by atoms with E-state index in [0.29, 0.717) is 23.8 Å². The molecule has 0 amide bonds. The van der Waals surface area contributed by atoms with Gasteiger partial charge in [0.1, 0.15) is 0 Å². The van der Waals surface area contributed by atoms with Crippen LogP contribution < -0.4 is 0 Å². The Kier molecular flexibility index (Phi) is 5.29. The summed E-state index contributed by atoms with van der Waals surface area (Å²) in [5.41, 5.74) is 2.00. The normalized spacial score (nSPS) is 22.1. The van der Waals surface area contributed by atoms with Crippen LogP contribution in [0, 0.1) is 17.2 Å². The predicted octanol–water partition coefficient (Wildman–Crippen LogP) is 5.39. The summed E-state index contributed by atoms with van der Waals surface area (Å²) in [5, 5.41) is 8.79. The minimum Gasteiger partial charge on any atom is -0.192 e. The molecule has 1 aliphatic rings. The molecule has 1 aromatic carbocycles. The zero-order valence-electron chi connectivity index (χ0n) is 11.5. The Morgan fingerprint density at radius 3 is 2.35 bits per heavy atom. The fourth-order valence-electron chi connectivity index (χ4n) is 3.04. The molecule has 1 aliphatic carbocycles. The van der Waals surface area contributed by atoms with E-state index >= 15 is 0 Å². The number of hydrogen-bond acceptors (Lipinski definition) is 1. The molecule has 0 bridgehead atoms. The second-order valence-corrected chi connectivity index (χ2v) is 5.52. The van der Waals surface area contributed by atoms with Crippen molar-refractivity contribution in [3.05, 3.63) is 47.5 Å². The highest BCUT2D eigenvalue weighted by molar-refractivity contribution is 5.33. The fourth-order valence-corrected chi connectivity index (χ4v) is 3.04. The summed E-state index contributed by atoms with van der Waals surface area (Å²) in [6.45, 7) is 0. The van der Waals surface area contributed by atoms with Gasteiger partial charge in [0.2, 0.25) is 0 Å². The van der Waals surface area contributed by atoms with Crippen LogP contribution in [0.1, 0.15) is 55.6 Å². The van der Waals surface area contributed by atoms with Crippen LogP contribution in [0.4, 0.5) is 8.78 Å². The van der Waals surface area contributed by atoms with Crippen LogP contribution in [-0.4, -0.2) is 0 Å². The van der Waals surface area contributed by atoms with E-state index in [9.17, 15) is 8.78 Å². The third kappa shape index (κ3) is 4.16. The van der Waals surface area contributed by atoms with Gasteiger partial charge in [-0.1, -0.05) is 12.1 Å². The summed E-state index contributed by atoms with van der Waals surface area (Å²) in [6, 6.07) is 9.97. The minimum atomic E-state index is -1.56. The highest BCUT2D eigenvalue weighted by atomic mass is 19.3. The number of benzene rings is 1. The lowest BCUT2D eigenvalue weighted by Gasteiger charge is -2.28. The van der Waals surface area contributed by atoms with E-state index < -0.39 is 6.08 Å². The third-order valence-electron chi connectivity index (χ3n) is 4.23. The highest BCUT2D eigenvalue weighted by Gasteiger charge is 2.21. The van der Waals surface area contributed by atoms with Gasteiger partial charge in [-0.15, -0.1) is 0 Å². The van der Waals surface area contributed by atoms with Crippen molar-refractivity contribution in [1.82, 2.24) is 0 Å². The van der Waals surface area contributed by atoms with Crippen molar-refractivity contribution in [3.8, 4) is 6.07 Å². The van der Waals surface area contributed by atoms with Gasteiger partial charge in [-0.05, 0) is 74.1 Å². The Hall–Kier alpha value is -1.69. The van der Waals surface area contributed by atoms with Crippen molar-refractivity contribution in [3.63, 3.8) is 0 Å². The van der Waals surface area contributed by atoms with Crippen molar-refractivity contribution in [1.29, 1.82) is 5.26 Å². The molecule has 0 unspecified atom stereocenters. The van der Waals surface area contributed by atoms with E-state index in [-0.39, 0.29) is 0 Å². The van der Waals surface area contributed by atoms with Crippen LogP contribution in [0.25, 0.3) is 0 Å². The zero-order valence-corrected chi connectivity index (χ0v) is 11.5. The summed E-state index contributed by atoms with van der Waals surface area (Å²) in [5.74, 6) is 1.15. The maximum Gasteiger partial charge on any atom is 0.266 e. The van der Waals surface area contributed by atoms with Crippen LogP contribution in [0.15, 0.2) is 36.4 Å². The standard InChI is InChI=1S/C17H19F2N/c18-17(19)3-1-2-13-4-8-15(9-5-13)16-10-6-14(12-20)7-11-16/h3,6-7,10-11,13,15H,1-2,4-5,8-9H2. The topological polar surface area (TPSA) is 23.8 Å². The van der Waals surface area contributed by atoms with E-state index in [2.05, 4.69) is 6.07 Å². The maximum atomic E-state index is 12.0. The Morgan fingerprint density at radius 2 is 1.80 bits per heavy atom. The van der Waals surface area contributed by atoms with E-state index in [1.807, 2.05) is 24.3 Å². The van der Waals surface area contributed by atoms with Gasteiger partial charge in [0.25, 0.3) is 6.08 Å². The Balaban J connectivity index is 1.81. The van der Waals surface area contributed by atoms with Crippen LogP contribution in [0.2, 0.25) is 0 Å². The van der Waals surface area contributed by atoms with Crippen molar-refractivity contribution in [2.45, 2.75) is 44.4 Å². The molecular weight excluding hydrogens is 256 g/mol. The lowest BCUT2D eigenvalue weighted by molar-refractivity contribution is 0.310. The molecule has 0 radical (unpaired) electrons. The van der Waals surface area contributed by atoms with Crippen molar-refractivity contribution in [2.75, 3.05) is 0 Å². The molecule has 0 spiro atoms. The van der Waals surface area contributed by atoms with Gasteiger partial charge >= 0.3 is 0 Å². The number of rotatable bonds is 4. The summed E-state index contributed by atoms with van der Waals surface area (Å²) in [6.07, 6.45) is 5.32. The molecule has 2 rings (SSSR count). The minimum absolute atomic E-state index is 0.495. The van der Waals surface area contributed by atoms with Crippen LogP contribution in [0.5, 0.6) is 0 Å². The van der Waals surface area contributed by atoms with Crippen molar-refractivity contribution >= 4 is 0 Å². The van der Waals surface area contributed by atoms with Gasteiger partial charge in [0.15, 0.2) is 0 Å². The molecule has 1 saturated carbocycles. The first-order valence-electron chi connectivity index (χ1n) is 7.20. The third-order valence-corrected chi connectivity index (χ3v) is 4.23. The summed E-state index contributed by atoms with van der Waals surface area (Å²) in [4.78, 5) is 0. The Morgan fingerprint density at radius 1 is 1.15 bits per heavy atom. The van der Waals surface area contributed by atoms with Gasteiger partial charge in [-0.25, -0.2) is 0 Å². The van der Waals surface area contributed by atoms with E-state index in [1.54, 1.807) is 0 Å². The second-order valence-electron chi connectivity index (χ2n) is 5.52. The largest absolute Gasteiger partial charge is 0.266 e. The second kappa shape index (κ2) is 7.19. The summed E-state index contributed by atoms with van der Waals surface area (Å²) in [7, 11) is 0. The fraction of sp³-hybridized carbons (Fsp3) is 0.471. The Bertz CT molecular complexity index is 487. The molecule has 3 heteroatoms. The number of hydrogen-bond donors (Lipinski definition) is 0. The molecule has 20 heavy (non-hydrogen) atoms. The number of nitrogens with zero attached hydrogens (tertiary/aromatic N) is 1. The SMILES string of the molecule is N#Cc1ccc(C2CCC(CCC=C(F)F)CC2)cc1. The number of allylic oxidation sites excluding steroid dienone is 1. The molecule has 1 fully saturated rings. The van der Waals surface area contributed by atoms with E-state index in [1.165, 1.54) is 5.56 Å². The number of nitriles is 1. The lowest BCUT2D eigenvalue weighted by atomic mass is 9.77. The molecular formula is C17H19F2N. The first-order chi connectivity index (χ1) is 9.69. The highest BCUT2D eigenvalue weighted by Crippen LogP contribution is 2.37.